The summed E-state index contributed by atoms with van der Waals surface area (Å²) in [6, 6.07) is 0. The second kappa shape index (κ2) is 4.13. The lowest BCUT2D eigenvalue weighted by Crippen LogP contribution is -2.24. The van der Waals surface area contributed by atoms with Crippen molar-refractivity contribution in [1.82, 2.24) is 4.90 Å². The van der Waals surface area contributed by atoms with Gasteiger partial charge in [0, 0.05) is 20.6 Å². The summed E-state index contributed by atoms with van der Waals surface area (Å²) in [4.78, 5) is 6.04. The van der Waals surface area contributed by atoms with E-state index in [4.69, 9.17) is 0 Å². The maximum Gasteiger partial charge on any atom is 0.122 e. The van der Waals surface area contributed by atoms with Crippen LogP contribution in [0.3, 0.4) is 0 Å². The number of amidine groups is 1. The Kier molecular flexibility index (Phi) is 3.76. The van der Waals surface area contributed by atoms with Crippen LogP contribution in [0.25, 0.3) is 0 Å². The predicted molar refractivity (Wildman–Crippen MR) is 41.9 cm³/mol. The number of hydrogen-bond donors (Lipinski definition) is 0. The predicted octanol–water partition coefficient (Wildman–Crippen LogP) is 1.15. The van der Waals surface area contributed by atoms with Gasteiger partial charge in [0.15, 0.2) is 0 Å². The first-order valence-corrected chi connectivity index (χ1v) is 3.06. The number of nitrogens with zero attached hydrogens (tertiary/aromatic N) is 2. The van der Waals surface area contributed by atoms with Crippen molar-refractivity contribution in [3.63, 3.8) is 0 Å². The molecule has 0 spiro atoms. The summed E-state index contributed by atoms with van der Waals surface area (Å²) in [6.07, 6.45) is 1.75. The van der Waals surface area contributed by atoms with Crippen molar-refractivity contribution in [3.8, 4) is 0 Å². The van der Waals surface area contributed by atoms with Crippen LogP contribution in [-0.4, -0.2) is 31.4 Å². The average molecular weight is 126 g/mol. The van der Waals surface area contributed by atoms with Gasteiger partial charge in [-0.05, 0) is 13.0 Å². The van der Waals surface area contributed by atoms with Gasteiger partial charge in [-0.15, -0.1) is 0 Å². The highest BCUT2D eigenvalue weighted by Crippen LogP contribution is 1.86. The van der Waals surface area contributed by atoms with E-state index in [9.17, 15) is 0 Å². The fourth-order valence-electron chi connectivity index (χ4n) is 0.580. The molecule has 0 rings (SSSR count). The zero-order valence-electron chi connectivity index (χ0n) is 6.39. The standard InChI is InChI=1S/C7H14N2/c1-5-7(8-3)9(4)6-2/h5H,1,6H2,2-4H3/b8-7-. The maximum atomic E-state index is 4.00. The Morgan fingerprint density at radius 3 is 2.44 bits per heavy atom. The van der Waals surface area contributed by atoms with Gasteiger partial charge in [-0.3, -0.25) is 4.99 Å². The van der Waals surface area contributed by atoms with Crippen LogP contribution in [0.15, 0.2) is 17.6 Å². The highest BCUT2D eigenvalue weighted by atomic mass is 15.1. The van der Waals surface area contributed by atoms with Crippen molar-refractivity contribution in [2.75, 3.05) is 20.6 Å². The van der Waals surface area contributed by atoms with E-state index in [1.165, 1.54) is 0 Å². The van der Waals surface area contributed by atoms with Gasteiger partial charge in [0.1, 0.15) is 5.84 Å². The summed E-state index contributed by atoms with van der Waals surface area (Å²) in [5.41, 5.74) is 0. The normalized spacial score (nSPS) is 11.2. The molecule has 52 valence electrons. The maximum absolute atomic E-state index is 4.00. The Hall–Kier alpha value is -0.790. The number of aliphatic imine (C=N–C) groups is 1. The molecule has 2 nitrogen and oxygen atoms in total. The lowest BCUT2D eigenvalue weighted by atomic mass is 10.5. The van der Waals surface area contributed by atoms with Crippen LogP contribution in [0.5, 0.6) is 0 Å². The van der Waals surface area contributed by atoms with Gasteiger partial charge < -0.3 is 4.90 Å². The van der Waals surface area contributed by atoms with Crippen molar-refractivity contribution < 1.29 is 0 Å². The molecule has 0 aromatic rings. The first-order valence-electron chi connectivity index (χ1n) is 3.06. The molecule has 0 N–H and O–H groups in total. The zero-order valence-corrected chi connectivity index (χ0v) is 6.39. The van der Waals surface area contributed by atoms with Gasteiger partial charge >= 0.3 is 0 Å². The third kappa shape index (κ3) is 2.31. The van der Waals surface area contributed by atoms with Crippen molar-refractivity contribution in [1.29, 1.82) is 0 Å². The van der Waals surface area contributed by atoms with Gasteiger partial charge in [-0.1, -0.05) is 6.58 Å². The van der Waals surface area contributed by atoms with E-state index in [1.54, 1.807) is 13.1 Å². The van der Waals surface area contributed by atoms with Crippen molar-refractivity contribution >= 4 is 5.84 Å². The molecule has 0 amide bonds. The Labute approximate surface area is 56.9 Å². The molecule has 0 aromatic heterocycles. The lowest BCUT2D eigenvalue weighted by Gasteiger charge is -2.14. The van der Waals surface area contributed by atoms with Gasteiger partial charge in [0.2, 0.25) is 0 Å². The third-order valence-electron chi connectivity index (χ3n) is 1.28. The van der Waals surface area contributed by atoms with E-state index < -0.39 is 0 Å². The van der Waals surface area contributed by atoms with E-state index in [1.807, 2.05) is 11.9 Å². The van der Waals surface area contributed by atoms with E-state index >= 15 is 0 Å². The van der Waals surface area contributed by atoms with E-state index in [-0.39, 0.29) is 0 Å². The molecule has 2 heteroatoms. The smallest absolute Gasteiger partial charge is 0.122 e. The third-order valence-corrected chi connectivity index (χ3v) is 1.28. The summed E-state index contributed by atoms with van der Waals surface area (Å²) in [5.74, 6) is 0.942. The molecule has 0 aromatic carbocycles. The lowest BCUT2D eigenvalue weighted by molar-refractivity contribution is 0.538. The van der Waals surface area contributed by atoms with Gasteiger partial charge in [0.05, 0.1) is 0 Å². The molecular weight excluding hydrogens is 112 g/mol. The van der Waals surface area contributed by atoms with Crippen molar-refractivity contribution in [2.45, 2.75) is 6.92 Å². The molecule has 0 aliphatic heterocycles. The minimum Gasteiger partial charge on any atom is -0.360 e. The van der Waals surface area contributed by atoms with Crippen LogP contribution in [0.1, 0.15) is 6.92 Å². The summed E-state index contributed by atoms with van der Waals surface area (Å²) in [7, 11) is 3.76. The molecule has 0 heterocycles. The quantitative estimate of drug-likeness (QED) is 0.400. The monoisotopic (exact) mass is 126 g/mol. The highest BCUT2D eigenvalue weighted by molar-refractivity contribution is 5.92. The summed E-state index contributed by atoms with van der Waals surface area (Å²) in [5, 5.41) is 0. The zero-order chi connectivity index (χ0) is 7.28. The molecule has 0 radical (unpaired) electrons. The minimum atomic E-state index is 0.942. The Balaban J connectivity index is 3.95. The van der Waals surface area contributed by atoms with Crippen LogP contribution in [-0.2, 0) is 0 Å². The van der Waals surface area contributed by atoms with Crippen LogP contribution >= 0.6 is 0 Å². The van der Waals surface area contributed by atoms with Crippen molar-refractivity contribution in [2.24, 2.45) is 4.99 Å². The summed E-state index contributed by atoms with van der Waals surface area (Å²) < 4.78 is 0. The summed E-state index contributed by atoms with van der Waals surface area (Å²) >= 11 is 0. The Morgan fingerprint density at radius 2 is 2.33 bits per heavy atom. The van der Waals surface area contributed by atoms with Crippen molar-refractivity contribution in [3.05, 3.63) is 12.7 Å². The SMILES string of the molecule is C=C/C(=N/C)N(C)CC. The molecule has 0 bridgehead atoms. The highest BCUT2D eigenvalue weighted by Gasteiger charge is 1.94. The molecule has 0 saturated heterocycles. The van der Waals surface area contributed by atoms with Gasteiger partial charge in [0.25, 0.3) is 0 Å². The molecule has 9 heavy (non-hydrogen) atoms. The molecule has 0 atom stereocenters. The first-order chi connectivity index (χ1) is 4.26. The Morgan fingerprint density at radius 1 is 1.78 bits per heavy atom. The largest absolute Gasteiger partial charge is 0.360 e. The number of likely N-dealkylation sites (N-methyl/N-ethyl adjacent to an activating group) is 1. The first kappa shape index (κ1) is 8.21. The molecule has 0 fully saturated rings. The van der Waals surface area contributed by atoms with E-state index in [2.05, 4.69) is 18.5 Å². The minimum absolute atomic E-state index is 0.942. The molecule has 0 aliphatic carbocycles. The van der Waals surface area contributed by atoms with Crippen LogP contribution in [0.4, 0.5) is 0 Å². The van der Waals surface area contributed by atoms with Crippen LogP contribution < -0.4 is 0 Å². The van der Waals surface area contributed by atoms with E-state index in [0.717, 1.165) is 12.4 Å². The Bertz CT molecular complexity index is 116. The van der Waals surface area contributed by atoms with Gasteiger partial charge in [-0.2, -0.15) is 0 Å². The summed E-state index contributed by atoms with van der Waals surface area (Å²) in [6.45, 7) is 6.68. The van der Waals surface area contributed by atoms with Gasteiger partial charge in [-0.25, -0.2) is 0 Å². The van der Waals surface area contributed by atoms with Crippen LogP contribution in [0, 0.1) is 0 Å². The fraction of sp³-hybridized carbons (Fsp3) is 0.571. The second-order valence-electron chi connectivity index (χ2n) is 1.80. The second-order valence-corrected chi connectivity index (χ2v) is 1.80. The van der Waals surface area contributed by atoms with Crippen LogP contribution in [0.2, 0.25) is 0 Å². The molecule has 0 aliphatic rings. The number of hydrogen-bond acceptors (Lipinski definition) is 1. The molecule has 0 unspecified atom stereocenters. The van der Waals surface area contributed by atoms with E-state index in [0.29, 0.717) is 0 Å². The molecular formula is C7H14N2. The number of rotatable bonds is 2. The average Bonchev–Trinajstić information content (AvgIpc) is 1.90. The topological polar surface area (TPSA) is 15.6 Å². The molecule has 0 saturated carbocycles. The fourth-order valence-corrected chi connectivity index (χ4v) is 0.580.